The minimum atomic E-state index is 0. The van der Waals surface area contributed by atoms with Crippen LogP contribution in [-0.4, -0.2) is 4.57 Å². The molecule has 0 aliphatic carbocycles. The van der Waals surface area contributed by atoms with Crippen molar-refractivity contribution in [3.63, 3.8) is 0 Å². The molecule has 1 heterocycles. The molecule has 1 aromatic heterocycles. The van der Waals surface area contributed by atoms with E-state index in [4.69, 9.17) is 0 Å². The summed E-state index contributed by atoms with van der Waals surface area (Å²) in [7, 11) is 2.08. The van der Waals surface area contributed by atoms with Crippen LogP contribution in [0.4, 0.5) is 0 Å². The van der Waals surface area contributed by atoms with E-state index in [1.807, 2.05) is 0 Å². The van der Waals surface area contributed by atoms with E-state index in [-0.39, 0.29) is 66.7 Å². The van der Waals surface area contributed by atoms with Gasteiger partial charge in [-0.15, -0.1) is 49.6 Å². The molecule has 0 atom stereocenters. The van der Waals surface area contributed by atoms with Gasteiger partial charge in [0, 0.05) is 17.1 Å². The Kier molecular flexibility index (Phi) is 37.6. The summed E-state index contributed by atoms with van der Waals surface area (Å²) in [5.74, 6) is 0. The molecule has 7 heteroatoms. The molecule has 0 saturated carbocycles. The van der Waals surface area contributed by atoms with E-state index in [1.165, 1.54) is 64.3 Å². The summed E-state index contributed by atoms with van der Waals surface area (Å²) in [6.07, 6.45) is 19.1. The van der Waals surface area contributed by atoms with E-state index in [2.05, 4.69) is 41.8 Å². The standard InChI is InChI=1S/C15H29N2.4ClH.Fe/c1-3-4-5-6-7-8-9-10-11-12-17-14-13-16(2)15-17;;;;;/h13-15H,3-12H2,1-2H3;4*1H;/q+1;;;;;. The molecule has 22 heavy (non-hydrogen) atoms. The van der Waals surface area contributed by atoms with Crippen molar-refractivity contribution in [2.24, 2.45) is 7.05 Å². The van der Waals surface area contributed by atoms with Gasteiger partial charge in [-0.3, -0.25) is 0 Å². The van der Waals surface area contributed by atoms with Gasteiger partial charge in [0.25, 0.3) is 0 Å². The van der Waals surface area contributed by atoms with Crippen molar-refractivity contribution >= 4 is 49.6 Å². The average Bonchev–Trinajstić information content (AvgIpc) is 2.73. The van der Waals surface area contributed by atoms with Gasteiger partial charge in [-0.2, -0.15) is 0 Å². The molecule has 1 aromatic rings. The summed E-state index contributed by atoms with van der Waals surface area (Å²) in [6, 6.07) is 0. The SMILES string of the molecule is CCCCCCCCCCCn1cc[n+](C)c1.Cl.Cl.Cl.Cl.[Fe]. The van der Waals surface area contributed by atoms with Gasteiger partial charge in [0.05, 0.1) is 13.6 Å². The third-order valence-electron chi connectivity index (χ3n) is 3.34. The van der Waals surface area contributed by atoms with Crippen LogP contribution in [-0.2, 0) is 30.7 Å². The zero-order valence-corrected chi connectivity index (χ0v) is 18.1. The quantitative estimate of drug-likeness (QED) is 0.258. The monoisotopic (exact) mass is 437 g/mol. The molecule has 0 aliphatic heterocycles. The van der Waals surface area contributed by atoms with E-state index in [0.29, 0.717) is 0 Å². The van der Waals surface area contributed by atoms with Crippen LogP contribution in [0.3, 0.4) is 0 Å². The second-order valence-corrected chi connectivity index (χ2v) is 5.15. The Morgan fingerprint density at radius 1 is 0.773 bits per heavy atom. The van der Waals surface area contributed by atoms with Crippen molar-refractivity contribution in [1.82, 2.24) is 4.57 Å². The van der Waals surface area contributed by atoms with E-state index < -0.39 is 0 Å². The molecule has 0 spiro atoms. The van der Waals surface area contributed by atoms with Gasteiger partial charge >= 0.3 is 0 Å². The van der Waals surface area contributed by atoms with Crippen LogP contribution < -0.4 is 4.57 Å². The summed E-state index contributed by atoms with van der Waals surface area (Å²) >= 11 is 0. The smallest absolute Gasteiger partial charge is 0.240 e. The molecule has 1 rings (SSSR count). The van der Waals surface area contributed by atoms with Crippen molar-refractivity contribution in [3.05, 3.63) is 18.7 Å². The van der Waals surface area contributed by atoms with Crippen LogP contribution in [0, 0.1) is 0 Å². The Bertz CT molecular complexity index is 299. The Hall–Kier alpha value is 0.889. The number of hydrogen-bond donors (Lipinski definition) is 0. The van der Waals surface area contributed by atoms with E-state index in [1.54, 1.807) is 0 Å². The first-order valence-electron chi connectivity index (χ1n) is 7.34. The maximum Gasteiger partial charge on any atom is 0.243 e. The van der Waals surface area contributed by atoms with E-state index in [9.17, 15) is 0 Å². The number of unbranched alkanes of at least 4 members (excludes halogenated alkanes) is 8. The minimum Gasteiger partial charge on any atom is -0.240 e. The number of hydrogen-bond acceptors (Lipinski definition) is 0. The fourth-order valence-electron chi connectivity index (χ4n) is 2.24. The molecule has 0 unspecified atom stereocenters. The molecule has 0 bridgehead atoms. The van der Waals surface area contributed by atoms with Crippen LogP contribution in [0.1, 0.15) is 64.7 Å². The van der Waals surface area contributed by atoms with Crippen molar-refractivity contribution < 1.29 is 21.6 Å². The minimum absolute atomic E-state index is 0. The fourth-order valence-corrected chi connectivity index (χ4v) is 2.24. The largest absolute Gasteiger partial charge is 0.243 e. The van der Waals surface area contributed by atoms with E-state index in [0.717, 1.165) is 0 Å². The van der Waals surface area contributed by atoms with Crippen LogP contribution in [0.15, 0.2) is 18.7 Å². The first kappa shape index (κ1) is 34.3. The van der Waals surface area contributed by atoms with Gasteiger partial charge in [-0.05, 0) is 12.8 Å². The third kappa shape index (κ3) is 18.9. The third-order valence-corrected chi connectivity index (χ3v) is 3.34. The number of aromatic nitrogens is 2. The van der Waals surface area contributed by atoms with Gasteiger partial charge in [0.1, 0.15) is 12.4 Å². The fraction of sp³-hybridized carbons (Fsp3) is 0.800. The van der Waals surface area contributed by atoms with Crippen molar-refractivity contribution in [1.29, 1.82) is 0 Å². The molecule has 0 radical (unpaired) electrons. The molecule has 0 saturated heterocycles. The van der Waals surface area contributed by atoms with Crippen molar-refractivity contribution in [3.8, 4) is 0 Å². The summed E-state index contributed by atoms with van der Waals surface area (Å²) < 4.78 is 4.38. The van der Waals surface area contributed by atoms with Crippen molar-refractivity contribution in [2.75, 3.05) is 0 Å². The maximum absolute atomic E-state index is 2.28. The van der Waals surface area contributed by atoms with Gasteiger partial charge in [0.2, 0.25) is 6.33 Å². The predicted octanol–water partition coefficient (Wildman–Crippen LogP) is 5.53. The first-order chi connectivity index (χ1) is 8.33. The van der Waals surface area contributed by atoms with Crippen LogP contribution in [0.25, 0.3) is 0 Å². The molecule has 0 aromatic carbocycles. The molecule has 0 amide bonds. The average molecular weight is 439 g/mol. The second kappa shape index (κ2) is 24.1. The summed E-state index contributed by atoms with van der Waals surface area (Å²) in [4.78, 5) is 0. The molecule has 2 nitrogen and oxygen atoms in total. The Morgan fingerprint density at radius 2 is 1.23 bits per heavy atom. The first-order valence-corrected chi connectivity index (χ1v) is 7.34. The zero-order chi connectivity index (χ0) is 12.3. The molecular weight excluding hydrogens is 406 g/mol. The summed E-state index contributed by atoms with van der Waals surface area (Å²) in [6.45, 7) is 3.46. The molecule has 0 fully saturated rings. The number of imidazole rings is 1. The number of nitrogens with zero attached hydrogens (tertiary/aromatic N) is 2. The molecule has 0 N–H and O–H groups in total. The number of rotatable bonds is 10. The number of aryl methyl sites for hydroxylation is 2. The second-order valence-electron chi connectivity index (χ2n) is 5.15. The van der Waals surface area contributed by atoms with Gasteiger partial charge in [-0.1, -0.05) is 51.9 Å². The summed E-state index contributed by atoms with van der Waals surface area (Å²) in [5, 5.41) is 0. The number of halogens is 4. The van der Waals surface area contributed by atoms with Crippen LogP contribution in [0.5, 0.6) is 0 Å². The molecule has 138 valence electrons. The molecular formula is C15H33Cl4FeN2+. The predicted molar refractivity (Wildman–Crippen MR) is 102 cm³/mol. The summed E-state index contributed by atoms with van der Waals surface area (Å²) in [5.41, 5.74) is 0. The van der Waals surface area contributed by atoms with Gasteiger partial charge in [-0.25, -0.2) is 9.13 Å². The van der Waals surface area contributed by atoms with Crippen LogP contribution in [0.2, 0.25) is 0 Å². The Labute approximate surface area is 172 Å². The van der Waals surface area contributed by atoms with Gasteiger partial charge < -0.3 is 0 Å². The normalized spacial score (nSPS) is 8.45. The topological polar surface area (TPSA) is 8.81 Å². The molecule has 0 aliphatic rings. The van der Waals surface area contributed by atoms with Crippen LogP contribution >= 0.6 is 49.6 Å². The Balaban J connectivity index is -0.000000193. The van der Waals surface area contributed by atoms with E-state index >= 15 is 0 Å². The Morgan fingerprint density at radius 3 is 1.64 bits per heavy atom. The zero-order valence-electron chi connectivity index (χ0n) is 13.7. The van der Waals surface area contributed by atoms with Gasteiger partial charge in [0.15, 0.2) is 0 Å². The van der Waals surface area contributed by atoms with Crippen molar-refractivity contribution in [2.45, 2.75) is 71.3 Å². The maximum atomic E-state index is 2.28.